The van der Waals surface area contributed by atoms with Gasteiger partial charge in [0, 0.05) is 9.50 Å². The zero-order valence-electron chi connectivity index (χ0n) is 9.75. The van der Waals surface area contributed by atoms with Gasteiger partial charge < -0.3 is 10.2 Å². The lowest BCUT2D eigenvalue weighted by Gasteiger charge is -1.96. The van der Waals surface area contributed by atoms with Crippen molar-refractivity contribution in [3.8, 4) is 0 Å². The molecule has 3 heteroatoms. The minimum Gasteiger partial charge on any atom is -0.459 e. The van der Waals surface area contributed by atoms with Crippen LogP contribution in [0.2, 0.25) is 0 Å². The van der Waals surface area contributed by atoms with E-state index in [1.165, 1.54) is 24.3 Å². The molecule has 0 aliphatic heterocycles. The van der Waals surface area contributed by atoms with E-state index in [1.807, 2.05) is 0 Å². The number of hydrogen-bond donors (Lipinski definition) is 1. The topological polar surface area (TPSA) is 39.2 Å². The Bertz CT molecular complexity index is 520. The van der Waals surface area contributed by atoms with Crippen molar-refractivity contribution in [1.82, 2.24) is 0 Å². The SMILES string of the molecule is [2H]C([2H])([2H])[C@H](N)c1cc2cc(F)ccc2o1. The van der Waals surface area contributed by atoms with Gasteiger partial charge in [-0.05, 0) is 31.1 Å². The molecule has 2 N–H and O–H groups in total. The fourth-order valence-corrected chi connectivity index (χ4v) is 1.19. The Kier molecular flexibility index (Phi) is 1.18. The van der Waals surface area contributed by atoms with Gasteiger partial charge in [-0.3, -0.25) is 0 Å². The normalized spacial score (nSPS) is 17.8. The van der Waals surface area contributed by atoms with Gasteiger partial charge >= 0.3 is 0 Å². The number of benzene rings is 1. The first-order chi connectivity index (χ1) is 7.38. The van der Waals surface area contributed by atoms with Crippen LogP contribution in [0.15, 0.2) is 28.7 Å². The Hall–Kier alpha value is -1.35. The van der Waals surface area contributed by atoms with Gasteiger partial charge in [0.25, 0.3) is 0 Å². The number of nitrogens with two attached hydrogens (primary N) is 1. The molecular weight excluding hydrogens is 169 g/mol. The molecule has 0 aliphatic rings. The summed E-state index contributed by atoms with van der Waals surface area (Å²) in [6.07, 6.45) is 0. The van der Waals surface area contributed by atoms with Gasteiger partial charge in [-0.25, -0.2) is 4.39 Å². The Morgan fingerprint density at radius 2 is 2.38 bits per heavy atom. The molecule has 1 aromatic heterocycles. The molecule has 0 fully saturated rings. The molecular formula is C10H10FNO. The van der Waals surface area contributed by atoms with Crippen LogP contribution in [-0.2, 0) is 0 Å². The molecule has 0 saturated carbocycles. The zero-order valence-corrected chi connectivity index (χ0v) is 6.75. The van der Waals surface area contributed by atoms with E-state index in [1.54, 1.807) is 0 Å². The summed E-state index contributed by atoms with van der Waals surface area (Å²) in [5, 5.41) is 0.509. The molecule has 0 unspecified atom stereocenters. The van der Waals surface area contributed by atoms with Crippen molar-refractivity contribution in [2.75, 3.05) is 0 Å². The summed E-state index contributed by atoms with van der Waals surface area (Å²) in [7, 11) is 0. The van der Waals surface area contributed by atoms with Gasteiger partial charge in [0.2, 0.25) is 0 Å². The second kappa shape index (κ2) is 2.85. The largest absolute Gasteiger partial charge is 0.459 e. The predicted octanol–water partition coefficient (Wildman–Crippen LogP) is 2.59. The Morgan fingerprint density at radius 1 is 1.54 bits per heavy atom. The van der Waals surface area contributed by atoms with E-state index in [0.717, 1.165) is 0 Å². The van der Waals surface area contributed by atoms with Crippen LogP contribution in [0.25, 0.3) is 11.0 Å². The van der Waals surface area contributed by atoms with Crippen molar-refractivity contribution < 1.29 is 12.9 Å². The van der Waals surface area contributed by atoms with Crippen molar-refractivity contribution in [1.29, 1.82) is 0 Å². The summed E-state index contributed by atoms with van der Waals surface area (Å²) in [4.78, 5) is 0. The maximum absolute atomic E-state index is 12.9. The molecule has 2 aromatic rings. The quantitative estimate of drug-likeness (QED) is 0.736. The van der Waals surface area contributed by atoms with E-state index < -0.39 is 18.7 Å². The third kappa shape index (κ3) is 1.42. The monoisotopic (exact) mass is 182 g/mol. The molecule has 1 atom stereocenters. The molecule has 68 valence electrons. The molecule has 13 heavy (non-hydrogen) atoms. The van der Waals surface area contributed by atoms with Crippen LogP contribution in [0.3, 0.4) is 0 Å². The number of hydrogen-bond acceptors (Lipinski definition) is 2. The summed E-state index contributed by atoms with van der Waals surface area (Å²) in [5.74, 6) is -0.261. The molecule has 0 saturated heterocycles. The van der Waals surface area contributed by atoms with Gasteiger partial charge in [-0.2, -0.15) is 0 Å². The molecule has 0 aliphatic carbocycles. The fraction of sp³-hybridized carbons (Fsp3) is 0.200. The number of fused-ring (bicyclic) bond motifs is 1. The maximum Gasteiger partial charge on any atom is 0.134 e. The Labute approximate surface area is 79.4 Å². The third-order valence-corrected chi connectivity index (χ3v) is 1.80. The van der Waals surface area contributed by atoms with Crippen LogP contribution in [0, 0.1) is 5.82 Å². The minimum atomic E-state index is -2.33. The second-order valence-corrected chi connectivity index (χ2v) is 2.81. The molecule has 1 heterocycles. The zero-order chi connectivity index (χ0) is 11.9. The fourth-order valence-electron chi connectivity index (χ4n) is 1.19. The number of furan rings is 1. The highest BCUT2D eigenvalue weighted by Gasteiger charge is 2.07. The van der Waals surface area contributed by atoms with Gasteiger partial charge in [-0.1, -0.05) is 0 Å². The number of halogens is 1. The third-order valence-electron chi connectivity index (χ3n) is 1.80. The second-order valence-electron chi connectivity index (χ2n) is 2.81. The lowest BCUT2D eigenvalue weighted by molar-refractivity contribution is 0.512. The average molecular weight is 182 g/mol. The van der Waals surface area contributed by atoms with Crippen molar-refractivity contribution in [3.63, 3.8) is 0 Å². The van der Waals surface area contributed by atoms with Crippen LogP contribution >= 0.6 is 0 Å². The smallest absolute Gasteiger partial charge is 0.134 e. The molecule has 1 aromatic carbocycles. The maximum atomic E-state index is 12.9. The summed E-state index contributed by atoms with van der Waals surface area (Å²) in [6.45, 7) is -2.33. The average Bonchev–Trinajstić information content (AvgIpc) is 2.57. The molecule has 0 amide bonds. The van der Waals surface area contributed by atoms with E-state index in [-0.39, 0.29) is 5.76 Å². The van der Waals surface area contributed by atoms with E-state index in [9.17, 15) is 4.39 Å². The van der Waals surface area contributed by atoms with E-state index in [2.05, 4.69) is 0 Å². The van der Waals surface area contributed by atoms with Crippen LogP contribution in [0.4, 0.5) is 4.39 Å². The summed E-state index contributed by atoms with van der Waals surface area (Å²) >= 11 is 0. The van der Waals surface area contributed by atoms with E-state index in [0.29, 0.717) is 11.0 Å². The first kappa shape index (κ1) is 5.40. The Balaban J connectivity index is 2.47. The van der Waals surface area contributed by atoms with Gasteiger partial charge in [-0.15, -0.1) is 0 Å². The lowest BCUT2D eigenvalue weighted by Crippen LogP contribution is -2.02. The minimum absolute atomic E-state index is 0.139. The molecule has 2 nitrogen and oxygen atoms in total. The van der Waals surface area contributed by atoms with Gasteiger partial charge in [0.15, 0.2) is 0 Å². The lowest BCUT2D eigenvalue weighted by atomic mass is 10.2. The standard InChI is InChI=1S/C10H10FNO/c1-6(12)10-5-7-4-8(11)2-3-9(7)13-10/h2-6H,12H2,1H3/t6-/m0/s1/i1D3. The van der Waals surface area contributed by atoms with Crippen molar-refractivity contribution >= 4 is 11.0 Å². The van der Waals surface area contributed by atoms with Crippen LogP contribution < -0.4 is 5.73 Å². The molecule has 0 radical (unpaired) electrons. The van der Waals surface area contributed by atoms with Gasteiger partial charge in [0.1, 0.15) is 17.2 Å². The van der Waals surface area contributed by atoms with Crippen LogP contribution in [0.1, 0.15) is 22.8 Å². The van der Waals surface area contributed by atoms with E-state index >= 15 is 0 Å². The summed E-state index contributed by atoms with van der Waals surface area (Å²) < 4.78 is 39.7. The molecule has 0 spiro atoms. The predicted molar refractivity (Wildman–Crippen MR) is 48.8 cm³/mol. The first-order valence-electron chi connectivity index (χ1n) is 5.32. The Morgan fingerprint density at radius 3 is 3.15 bits per heavy atom. The van der Waals surface area contributed by atoms with Gasteiger partial charge in [0.05, 0.1) is 6.04 Å². The highest BCUT2D eigenvalue weighted by Crippen LogP contribution is 2.23. The summed E-state index contributed by atoms with van der Waals surface area (Å²) in [5.41, 5.74) is 5.95. The highest BCUT2D eigenvalue weighted by molar-refractivity contribution is 5.77. The van der Waals surface area contributed by atoms with Crippen molar-refractivity contribution in [3.05, 3.63) is 35.8 Å². The molecule has 0 bridgehead atoms. The summed E-state index contributed by atoms with van der Waals surface area (Å²) in [6, 6.07) is 4.23. The van der Waals surface area contributed by atoms with E-state index in [4.69, 9.17) is 14.3 Å². The van der Waals surface area contributed by atoms with Crippen LogP contribution in [-0.4, -0.2) is 0 Å². The number of rotatable bonds is 1. The van der Waals surface area contributed by atoms with Crippen LogP contribution in [0.5, 0.6) is 0 Å². The first-order valence-corrected chi connectivity index (χ1v) is 3.82. The van der Waals surface area contributed by atoms with Crippen molar-refractivity contribution in [2.45, 2.75) is 12.9 Å². The molecule has 2 rings (SSSR count). The van der Waals surface area contributed by atoms with Crippen molar-refractivity contribution in [2.24, 2.45) is 5.73 Å². The highest BCUT2D eigenvalue weighted by atomic mass is 19.1.